The molecule has 86 valence electrons. The second-order valence-electron chi connectivity index (χ2n) is 5.06. The van der Waals surface area contributed by atoms with Gasteiger partial charge in [-0.25, -0.2) is 0 Å². The molecule has 0 unspecified atom stereocenters. The molecule has 0 saturated carbocycles. The van der Waals surface area contributed by atoms with Crippen molar-refractivity contribution < 1.29 is 0 Å². The second-order valence-corrected chi connectivity index (χ2v) is 5.06. The monoisotopic (exact) mass is 208 g/mol. The van der Waals surface area contributed by atoms with Crippen LogP contribution < -0.4 is 0 Å². The van der Waals surface area contributed by atoms with Gasteiger partial charge >= 0.3 is 0 Å². The van der Waals surface area contributed by atoms with Gasteiger partial charge in [0.2, 0.25) is 0 Å². The van der Waals surface area contributed by atoms with E-state index in [1.165, 1.54) is 5.57 Å². The Morgan fingerprint density at radius 1 is 1.33 bits per heavy atom. The summed E-state index contributed by atoms with van der Waals surface area (Å²) >= 11 is 0. The zero-order valence-electron chi connectivity index (χ0n) is 11.2. The topological polar surface area (TPSA) is 27.0 Å². The summed E-state index contributed by atoms with van der Waals surface area (Å²) in [5, 5.41) is 9.19. The van der Waals surface area contributed by atoms with Gasteiger partial charge in [-0.15, -0.1) is 0 Å². The van der Waals surface area contributed by atoms with Gasteiger partial charge in [0, 0.05) is 14.1 Å². The van der Waals surface area contributed by atoms with Gasteiger partial charge in [0.1, 0.15) is 11.8 Å². The molecule has 0 aliphatic carbocycles. The predicted molar refractivity (Wildman–Crippen MR) is 65.2 cm³/mol. The Labute approximate surface area is 94.6 Å². The molecule has 0 fully saturated rings. The van der Waals surface area contributed by atoms with Crippen LogP contribution in [0, 0.1) is 22.7 Å². The fourth-order valence-electron chi connectivity index (χ4n) is 1.71. The lowest BCUT2D eigenvalue weighted by Crippen LogP contribution is -2.26. The molecule has 2 nitrogen and oxygen atoms in total. The fraction of sp³-hybridized carbons (Fsp3) is 0.769. The first-order chi connectivity index (χ1) is 6.78. The van der Waals surface area contributed by atoms with E-state index in [9.17, 15) is 5.26 Å². The van der Waals surface area contributed by atoms with Crippen molar-refractivity contribution in [2.24, 2.45) is 11.3 Å². The highest BCUT2D eigenvalue weighted by molar-refractivity contribution is 5.30. The van der Waals surface area contributed by atoms with E-state index in [0.29, 0.717) is 5.92 Å². The van der Waals surface area contributed by atoms with Crippen LogP contribution in [-0.2, 0) is 0 Å². The molecule has 0 amide bonds. The average molecular weight is 208 g/mol. The fourth-order valence-corrected chi connectivity index (χ4v) is 1.71. The van der Waals surface area contributed by atoms with Crippen LogP contribution in [0.5, 0.6) is 0 Å². The third kappa shape index (κ3) is 2.99. The largest absolute Gasteiger partial charge is 0.369 e. The van der Waals surface area contributed by atoms with Crippen molar-refractivity contribution in [1.29, 1.82) is 5.26 Å². The number of nitriles is 1. The van der Waals surface area contributed by atoms with Crippen LogP contribution in [0.1, 0.15) is 41.0 Å². The molecule has 2 heteroatoms. The van der Waals surface area contributed by atoms with E-state index < -0.39 is 0 Å². The summed E-state index contributed by atoms with van der Waals surface area (Å²) in [5.41, 5.74) is 2.16. The van der Waals surface area contributed by atoms with Crippen LogP contribution in [0.25, 0.3) is 0 Å². The molecule has 0 radical (unpaired) electrons. The van der Waals surface area contributed by atoms with E-state index in [2.05, 4.69) is 40.7 Å². The Bertz CT molecular complexity index is 277. The van der Waals surface area contributed by atoms with Crippen LogP contribution >= 0.6 is 0 Å². The maximum absolute atomic E-state index is 9.19. The summed E-state index contributed by atoms with van der Waals surface area (Å²) in [5.74, 6) is 0.538. The third-order valence-electron chi connectivity index (χ3n) is 3.41. The highest BCUT2D eigenvalue weighted by Gasteiger charge is 2.29. The summed E-state index contributed by atoms with van der Waals surface area (Å²) < 4.78 is 0. The van der Waals surface area contributed by atoms with Gasteiger partial charge < -0.3 is 4.90 Å². The van der Waals surface area contributed by atoms with E-state index in [1.807, 2.05) is 19.0 Å². The van der Waals surface area contributed by atoms with Crippen LogP contribution in [0.2, 0.25) is 0 Å². The molecular weight excluding hydrogens is 184 g/mol. The van der Waals surface area contributed by atoms with Crippen molar-refractivity contribution in [2.75, 3.05) is 14.1 Å². The molecule has 0 atom stereocenters. The summed E-state index contributed by atoms with van der Waals surface area (Å²) in [6.45, 7) is 11.0. The lowest BCUT2D eigenvalue weighted by atomic mass is 9.73. The van der Waals surface area contributed by atoms with E-state index >= 15 is 0 Å². The third-order valence-corrected chi connectivity index (χ3v) is 3.41. The van der Waals surface area contributed by atoms with E-state index in [4.69, 9.17) is 0 Å². The van der Waals surface area contributed by atoms with E-state index in [0.717, 1.165) is 12.1 Å². The zero-order chi connectivity index (χ0) is 12.2. The highest BCUT2D eigenvalue weighted by atomic mass is 15.1. The van der Waals surface area contributed by atoms with Gasteiger partial charge in [-0.05, 0) is 23.3 Å². The van der Waals surface area contributed by atoms with Crippen molar-refractivity contribution in [3.8, 4) is 6.07 Å². The molecule has 0 aliphatic heterocycles. The molecule has 0 saturated heterocycles. The standard InChI is InChI=1S/C13H24N2/c1-8-11(12(9-14)15(6)7)13(4,5)10(2)3/h10H,8H2,1-7H3/b12-11+. The molecular formula is C13H24N2. The lowest BCUT2D eigenvalue weighted by molar-refractivity contribution is 0.293. The van der Waals surface area contributed by atoms with Crippen molar-refractivity contribution >= 4 is 0 Å². The predicted octanol–water partition coefficient (Wildman–Crippen LogP) is 3.42. The molecule has 0 rings (SSSR count). The number of rotatable bonds is 4. The first-order valence-corrected chi connectivity index (χ1v) is 5.60. The molecule has 0 bridgehead atoms. The maximum atomic E-state index is 9.19. The van der Waals surface area contributed by atoms with E-state index in [1.54, 1.807) is 0 Å². The summed E-state index contributed by atoms with van der Waals surface area (Å²) in [6, 6.07) is 2.32. The Morgan fingerprint density at radius 2 is 1.80 bits per heavy atom. The summed E-state index contributed by atoms with van der Waals surface area (Å²) in [6.07, 6.45) is 0.937. The second kappa shape index (κ2) is 5.21. The minimum Gasteiger partial charge on any atom is -0.369 e. The molecule has 0 spiro atoms. The van der Waals surface area contributed by atoms with Crippen molar-refractivity contribution in [1.82, 2.24) is 4.90 Å². The van der Waals surface area contributed by atoms with Crippen LogP contribution in [0.15, 0.2) is 11.3 Å². The molecule has 0 aromatic rings. The molecule has 15 heavy (non-hydrogen) atoms. The summed E-state index contributed by atoms with van der Waals surface area (Å²) in [7, 11) is 3.87. The molecule has 0 aromatic heterocycles. The van der Waals surface area contributed by atoms with E-state index in [-0.39, 0.29) is 5.41 Å². The smallest absolute Gasteiger partial charge is 0.117 e. The Balaban J connectivity index is 5.49. The van der Waals surface area contributed by atoms with Crippen molar-refractivity contribution in [3.63, 3.8) is 0 Å². The SMILES string of the molecule is CC/C(=C(/C#N)N(C)C)C(C)(C)C(C)C. The Morgan fingerprint density at radius 3 is 2.00 bits per heavy atom. The van der Waals surface area contributed by atoms with Gasteiger partial charge in [0.05, 0.1) is 0 Å². The number of hydrogen-bond acceptors (Lipinski definition) is 2. The average Bonchev–Trinajstić information content (AvgIpc) is 2.12. The van der Waals surface area contributed by atoms with Gasteiger partial charge in [0.25, 0.3) is 0 Å². The zero-order valence-corrected chi connectivity index (χ0v) is 11.2. The van der Waals surface area contributed by atoms with Crippen molar-refractivity contribution in [3.05, 3.63) is 11.3 Å². The Kier molecular flexibility index (Phi) is 4.87. The summed E-state index contributed by atoms with van der Waals surface area (Å²) in [4.78, 5) is 1.92. The van der Waals surface area contributed by atoms with Crippen LogP contribution in [0.4, 0.5) is 0 Å². The number of allylic oxidation sites excluding steroid dienone is 2. The quantitative estimate of drug-likeness (QED) is 0.662. The van der Waals surface area contributed by atoms with Gasteiger partial charge in [-0.1, -0.05) is 34.6 Å². The minimum atomic E-state index is 0.0874. The first-order valence-electron chi connectivity index (χ1n) is 5.60. The normalized spacial score (nSPS) is 13.5. The Hall–Kier alpha value is -0.970. The van der Waals surface area contributed by atoms with Gasteiger partial charge in [0.15, 0.2) is 0 Å². The molecule has 0 aromatic carbocycles. The molecule has 0 aliphatic rings. The number of nitrogens with zero attached hydrogens (tertiary/aromatic N) is 2. The lowest BCUT2D eigenvalue weighted by Gasteiger charge is -2.34. The van der Waals surface area contributed by atoms with Crippen LogP contribution in [0.3, 0.4) is 0 Å². The van der Waals surface area contributed by atoms with Gasteiger partial charge in [-0.3, -0.25) is 0 Å². The van der Waals surface area contributed by atoms with Crippen molar-refractivity contribution in [2.45, 2.75) is 41.0 Å². The molecule has 0 N–H and O–H groups in total. The van der Waals surface area contributed by atoms with Crippen LogP contribution in [-0.4, -0.2) is 19.0 Å². The number of hydrogen-bond donors (Lipinski definition) is 0. The molecule has 0 heterocycles. The maximum Gasteiger partial charge on any atom is 0.117 e. The highest BCUT2D eigenvalue weighted by Crippen LogP contribution is 2.38. The minimum absolute atomic E-state index is 0.0874. The van der Waals surface area contributed by atoms with Gasteiger partial charge in [-0.2, -0.15) is 5.26 Å². The first kappa shape index (κ1) is 14.0.